The van der Waals surface area contributed by atoms with Crippen LogP contribution in [-0.2, 0) is 0 Å². The van der Waals surface area contributed by atoms with Crippen LogP contribution in [0, 0.1) is 0 Å². The van der Waals surface area contributed by atoms with Crippen LogP contribution in [0.4, 0.5) is 0 Å². The predicted molar refractivity (Wildman–Crippen MR) is 184 cm³/mol. The van der Waals surface area contributed by atoms with Crippen molar-refractivity contribution in [2.45, 2.75) is 10.8 Å². The molecule has 0 N–H and O–H groups in total. The molecule has 6 heteroatoms. The third-order valence-electron chi connectivity index (χ3n) is 8.06. The van der Waals surface area contributed by atoms with E-state index in [4.69, 9.17) is 37.1 Å². The lowest BCUT2D eigenvalue weighted by atomic mass is 9.84. The van der Waals surface area contributed by atoms with Crippen LogP contribution in [0.25, 0.3) is 34.2 Å². The fourth-order valence-electron chi connectivity index (χ4n) is 5.87. The number of benzene rings is 6. The van der Waals surface area contributed by atoms with Crippen molar-refractivity contribution in [2.24, 2.45) is 0 Å². The fraction of sp³-hybridized carbons (Fsp3) is 0.0250. The van der Waals surface area contributed by atoms with Gasteiger partial charge in [-0.2, -0.15) is 0 Å². The number of nitrogens with zero attached hydrogens (tertiary/aromatic N) is 3. The predicted octanol–water partition coefficient (Wildman–Crippen LogP) is 10.2. The van der Waals surface area contributed by atoms with Crippen LogP contribution in [0.2, 0.25) is 0 Å². The summed E-state index contributed by atoms with van der Waals surface area (Å²) in [5, 5.41) is 0. The second kappa shape index (κ2) is 12.0. The number of hydrogen-bond donors (Lipinski definition) is 1. The Morgan fingerprint density at radius 2 is 0.913 bits per heavy atom. The summed E-state index contributed by atoms with van der Waals surface area (Å²) in [6.45, 7) is 0. The molecule has 220 valence electrons. The van der Waals surface area contributed by atoms with E-state index in [1.54, 1.807) is 0 Å². The van der Waals surface area contributed by atoms with Gasteiger partial charge in [-0.15, -0.1) is 12.6 Å². The van der Waals surface area contributed by atoms with Crippen molar-refractivity contribution in [3.8, 4) is 57.2 Å². The van der Waals surface area contributed by atoms with Crippen molar-refractivity contribution in [2.75, 3.05) is 0 Å². The Morgan fingerprint density at radius 1 is 0.435 bits per heavy atom. The number of aromatic nitrogens is 3. The molecule has 1 atom stereocenters. The molecule has 2 heterocycles. The highest BCUT2D eigenvalue weighted by Gasteiger charge is 2.28. The Morgan fingerprint density at radius 3 is 1.50 bits per heavy atom. The molecule has 6 aromatic carbocycles. The largest absolute Gasteiger partial charge is 0.456 e. The summed E-state index contributed by atoms with van der Waals surface area (Å²) < 4.78 is 13.5. The number of rotatable bonds is 4. The molecule has 1 aliphatic rings. The molecule has 1 aromatic heterocycles. The van der Waals surface area contributed by atoms with Gasteiger partial charge in [-0.3, -0.25) is 0 Å². The van der Waals surface area contributed by atoms with Gasteiger partial charge in [0.2, 0.25) is 0 Å². The number of hydrogen-bond acceptors (Lipinski definition) is 6. The Bertz CT molecular complexity index is 2120. The molecule has 0 spiro atoms. The highest BCUT2D eigenvalue weighted by molar-refractivity contribution is 7.80. The summed E-state index contributed by atoms with van der Waals surface area (Å²) in [7, 11) is 0. The molecule has 46 heavy (non-hydrogen) atoms. The van der Waals surface area contributed by atoms with Gasteiger partial charge in [0, 0.05) is 28.2 Å². The minimum Gasteiger partial charge on any atom is -0.456 e. The lowest BCUT2D eigenvalue weighted by Crippen LogP contribution is -2.09. The van der Waals surface area contributed by atoms with E-state index in [1.165, 1.54) is 0 Å². The highest BCUT2D eigenvalue weighted by atomic mass is 32.1. The molecule has 0 fully saturated rings. The van der Waals surface area contributed by atoms with Crippen molar-refractivity contribution in [3.63, 3.8) is 0 Å². The Balaban J connectivity index is 1.36. The van der Waals surface area contributed by atoms with Gasteiger partial charge >= 0.3 is 0 Å². The number of para-hydroxylation sites is 2. The van der Waals surface area contributed by atoms with Crippen LogP contribution in [0.5, 0.6) is 23.0 Å². The zero-order valence-electron chi connectivity index (χ0n) is 24.6. The van der Waals surface area contributed by atoms with Crippen molar-refractivity contribution >= 4 is 12.6 Å². The third kappa shape index (κ3) is 5.19. The summed E-state index contributed by atoms with van der Waals surface area (Å²) in [6.07, 6.45) is 0. The summed E-state index contributed by atoms with van der Waals surface area (Å²) in [6, 6.07) is 50.4. The minimum absolute atomic E-state index is 0.143. The molecule has 2 bridgehead atoms. The second-order valence-electron chi connectivity index (χ2n) is 11.0. The lowest BCUT2D eigenvalue weighted by Gasteiger charge is -2.27. The van der Waals surface area contributed by atoms with Crippen LogP contribution in [0.3, 0.4) is 0 Å². The summed E-state index contributed by atoms with van der Waals surface area (Å²) in [4.78, 5) is 15.4. The zero-order chi connectivity index (χ0) is 30.9. The third-order valence-corrected chi connectivity index (χ3v) is 8.48. The van der Waals surface area contributed by atoms with Gasteiger partial charge in [0.15, 0.2) is 23.2 Å². The van der Waals surface area contributed by atoms with E-state index in [-0.39, 0.29) is 5.92 Å². The van der Waals surface area contributed by atoms with Gasteiger partial charge in [0.05, 0.1) is 10.5 Å². The van der Waals surface area contributed by atoms with E-state index in [0.29, 0.717) is 45.2 Å². The maximum atomic E-state index is 6.89. The molecule has 1 unspecified atom stereocenters. The molecule has 5 nitrogen and oxygen atoms in total. The van der Waals surface area contributed by atoms with E-state index in [0.717, 1.165) is 33.6 Å². The molecule has 1 aliphatic heterocycles. The maximum Gasteiger partial charge on any atom is 0.167 e. The zero-order valence-corrected chi connectivity index (χ0v) is 25.5. The van der Waals surface area contributed by atoms with E-state index >= 15 is 0 Å². The monoisotopic (exact) mass is 613 g/mol. The maximum absolute atomic E-state index is 6.89. The van der Waals surface area contributed by atoms with Crippen LogP contribution in [0.15, 0.2) is 157 Å². The Kier molecular flexibility index (Phi) is 7.25. The molecule has 0 saturated heterocycles. The van der Waals surface area contributed by atoms with Crippen molar-refractivity contribution in [1.82, 2.24) is 15.0 Å². The summed E-state index contributed by atoms with van der Waals surface area (Å²) in [5.41, 5.74) is 5.61. The van der Waals surface area contributed by atoms with Crippen LogP contribution in [0.1, 0.15) is 22.6 Å². The molecule has 8 rings (SSSR count). The van der Waals surface area contributed by atoms with E-state index in [2.05, 4.69) is 36.4 Å². The van der Waals surface area contributed by atoms with E-state index in [9.17, 15) is 0 Å². The molecular weight excluding hydrogens is 587 g/mol. The van der Waals surface area contributed by atoms with Gasteiger partial charge in [0.25, 0.3) is 0 Å². The van der Waals surface area contributed by atoms with Crippen LogP contribution < -0.4 is 9.47 Å². The van der Waals surface area contributed by atoms with Gasteiger partial charge in [-0.25, -0.2) is 15.0 Å². The van der Waals surface area contributed by atoms with E-state index < -0.39 is 0 Å². The average Bonchev–Trinajstić information content (AvgIpc) is 3.12. The van der Waals surface area contributed by atoms with Crippen molar-refractivity contribution in [1.29, 1.82) is 0 Å². The summed E-state index contributed by atoms with van der Waals surface area (Å²) in [5.74, 6) is 3.99. The van der Waals surface area contributed by atoms with Crippen LogP contribution in [-0.4, -0.2) is 15.0 Å². The number of ether oxygens (including phenoxy) is 2. The molecule has 0 amide bonds. The lowest BCUT2D eigenvalue weighted by molar-refractivity contribution is 0.428. The standard InChI is InChI=1S/C40H27N3O2S/c46-37-34-25-24-31(40-42-38(27-16-6-2-7-17-27)41-39(43-40)28-18-8-3-9-19-28)36(37)45-33-23-13-11-21-30(33)35(26-14-4-1-5-15-26)29-20-10-12-22-32(29)44-34/h1-25,35,46H. The SMILES string of the molecule is Sc1c2ccc(-c3nc(-c4ccccc4)nc(-c4ccccc4)n3)c1Oc1ccccc1C(c1ccccc1)c1ccccc1O2. The number of thiol groups is 1. The topological polar surface area (TPSA) is 57.1 Å². The molecule has 0 radical (unpaired) electrons. The van der Waals surface area contributed by atoms with Gasteiger partial charge in [-0.05, 0) is 29.8 Å². The highest BCUT2D eigenvalue weighted by Crippen LogP contribution is 2.49. The van der Waals surface area contributed by atoms with Gasteiger partial charge in [-0.1, -0.05) is 127 Å². The Hall–Kier alpha value is -5.72. The second-order valence-corrected chi connectivity index (χ2v) is 11.4. The summed E-state index contributed by atoms with van der Waals surface area (Å²) >= 11 is 5.01. The molecular formula is C40H27N3O2S. The van der Waals surface area contributed by atoms with Crippen LogP contribution >= 0.6 is 12.6 Å². The van der Waals surface area contributed by atoms with E-state index in [1.807, 2.05) is 115 Å². The van der Waals surface area contributed by atoms with Crippen molar-refractivity contribution < 1.29 is 9.47 Å². The van der Waals surface area contributed by atoms with Gasteiger partial charge < -0.3 is 9.47 Å². The minimum atomic E-state index is -0.143. The number of fused-ring (bicyclic) bond motifs is 4. The Labute approximate surface area is 272 Å². The first-order chi connectivity index (χ1) is 22.7. The normalized spacial score (nSPS) is 13.5. The smallest absolute Gasteiger partial charge is 0.167 e. The quantitative estimate of drug-likeness (QED) is 0.200. The fourth-order valence-corrected chi connectivity index (χ4v) is 6.15. The first kappa shape index (κ1) is 27.8. The van der Waals surface area contributed by atoms with Gasteiger partial charge in [0.1, 0.15) is 17.2 Å². The molecule has 0 saturated carbocycles. The average molecular weight is 614 g/mol. The molecule has 0 aliphatic carbocycles. The first-order valence-corrected chi connectivity index (χ1v) is 15.5. The molecule has 7 aromatic rings. The first-order valence-electron chi connectivity index (χ1n) is 15.0. The van der Waals surface area contributed by atoms with Crippen molar-refractivity contribution in [3.05, 3.63) is 168 Å².